The first-order chi connectivity index (χ1) is 14.5. The fourth-order valence-electron chi connectivity index (χ4n) is 3.03. The van der Waals surface area contributed by atoms with E-state index in [9.17, 15) is 28.8 Å². The molecule has 180 valence electrons. The maximum atomic E-state index is 11.9. The summed E-state index contributed by atoms with van der Waals surface area (Å²) in [4.78, 5) is 43.6. The lowest BCUT2D eigenvalue weighted by molar-refractivity contribution is -0.0947. The summed E-state index contributed by atoms with van der Waals surface area (Å²) in [6.45, 7) is 0.261. The predicted octanol–water partition coefficient (Wildman–Crippen LogP) is -0.634. The second kappa shape index (κ2) is 8.49. The summed E-state index contributed by atoms with van der Waals surface area (Å²) in [6.07, 6.45) is -1.82. The van der Waals surface area contributed by atoms with Crippen molar-refractivity contribution in [1.82, 2.24) is 14.5 Å². The van der Waals surface area contributed by atoms with E-state index in [0.29, 0.717) is 5.39 Å². The molecule has 6 atom stereocenters. The van der Waals surface area contributed by atoms with Crippen molar-refractivity contribution in [2.75, 3.05) is 12.3 Å². The van der Waals surface area contributed by atoms with Gasteiger partial charge < -0.3 is 44.8 Å². The average Bonchev–Trinajstić information content (AvgIpc) is 3.11. The van der Waals surface area contributed by atoms with Gasteiger partial charge in [0.15, 0.2) is 6.23 Å². The Balaban J connectivity index is 1.74. The summed E-state index contributed by atoms with van der Waals surface area (Å²) in [5.74, 6) is 0.149. The van der Waals surface area contributed by atoms with Gasteiger partial charge in [-0.3, -0.25) is 4.52 Å². The van der Waals surface area contributed by atoms with Gasteiger partial charge in [-0.15, -0.1) is 0 Å². The van der Waals surface area contributed by atoms with Crippen molar-refractivity contribution in [1.29, 1.82) is 0 Å². The summed E-state index contributed by atoms with van der Waals surface area (Å²) in [5, 5.41) is 21.6. The average molecular weight is 520 g/mol. The summed E-state index contributed by atoms with van der Waals surface area (Å²) >= 11 is 0. The van der Waals surface area contributed by atoms with Crippen LogP contribution in [0, 0.1) is 0 Å². The molecule has 32 heavy (non-hydrogen) atoms. The van der Waals surface area contributed by atoms with Crippen molar-refractivity contribution in [2.24, 2.45) is 0 Å². The van der Waals surface area contributed by atoms with Crippen LogP contribution in [0.15, 0.2) is 18.6 Å². The number of hydrogen-bond acceptors (Lipinski definition) is 12. The molecule has 6 unspecified atom stereocenters. The van der Waals surface area contributed by atoms with Crippen LogP contribution >= 0.6 is 23.5 Å². The molecule has 20 heteroatoms. The summed E-state index contributed by atoms with van der Waals surface area (Å²) in [6, 6.07) is 1.54. The van der Waals surface area contributed by atoms with Crippen molar-refractivity contribution in [3.8, 4) is 0 Å². The number of nitrogens with zero attached hydrogens (tertiary/aromatic N) is 3. The molecule has 0 bridgehead atoms. The molecule has 8 N–H and O–H groups in total. The smallest absolute Gasteiger partial charge is 0.387 e. The molecule has 1 fully saturated rings. The molecule has 1 aliphatic heterocycles. The van der Waals surface area contributed by atoms with Gasteiger partial charge in [-0.25, -0.2) is 23.7 Å². The fraction of sp³-hybridized carbons (Fsp3) is 0.500. The topological polar surface area (TPSA) is 266 Å². The van der Waals surface area contributed by atoms with Crippen molar-refractivity contribution in [2.45, 2.75) is 31.0 Å². The maximum Gasteiger partial charge on any atom is 0.490 e. The van der Waals surface area contributed by atoms with Gasteiger partial charge in [0.05, 0.1) is 12.0 Å². The number of aliphatic hydroxyl groups excluding tert-OH is 1. The third-order valence-electron chi connectivity index (χ3n) is 4.37. The van der Waals surface area contributed by atoms with Crippen LogP contribution in [0.25, 0.3) is 11.0 Å². The lowest BCUT2D eigenvalue weighted by atomic mass is 9.96. The van der Waals surface area contributed by atoms with Crippen LogP contribution in [0.3, 0.4) is 0 Å². The van der Waals surface area contributed by atoms with E-state index >= 15 is 0 Å². The van der Waals surface area contributed by atoms with E-state index in [4.69, 9.17) is 25.2 Å². The zero-order valence-corrected chi connectivity index (χ0v) is 18.7. The number of phosphoric acid groups is 3. The van der Waals surface area contributed by atoms with Crippen molar-refractivity contribution in [3.05, 3.63) is 18.6 Å². The quantitative estimate of drug-likeness (QED) is 0.213. The van der Waals surface area contributed by atoms with Crippen LogP contribution in [0.4, 0.5) is 5.82 Å². The van der Waals surface area contributed by atoms with Gasteiger partial charge in [0.25, 0.3) is 0 Å². The molecule has 3 rings (SSSR count). The predicted molar refractivity (Wildman–Crippen MR) is 102 cm³/mol. The Morgan fingerprint density at radius 2 is 1.84 bits per heavy atom. The van der Waals surface area contributed by atoms with Crippen molar-refractivity contribution in [3.63, 3.8) is 0 Å². The second-order valence-electron chi connectivity index (χ2n) is 6.80. The van der Waals surface area contributed by atoms with E-state index in [1.165, 1.54) is 30.1 Å². The van der Waals surface area contributed by atoms with E-state index in [2.05, 4.69) is 23.1 Å². The standard InChI is InChI=1S/C12H19N4O13P3/c1-12(18)8(17)7(4-26-31(22,23)29-32(24,25)28-30(19,20)21)27-11(12)16-3-2-6-9(13)14-5-15-10(6)16/h2-3,5,7-8,11,17-18H,4H2,1H3,(H,22,23)(H,24,25)(H2,13,14,15)(H2,19,20,21). The molecule has 1 saturated heterocycles. The molecule has 3 heterocycles. The summed E-state index contributed by atoms with van der Waals surface area (Å²) < 4.78 is 52.5. The third-order valence-corrected chi connectivity index (χ3v) is 8.17. The van der Waals surface area contributed by atoms with Gasteiger partial charge in [-0.05, 0) is 13.0 Å². The number of phosphoric ester groups is 1. The number of nitrogens with two attached hydrogens (primary N) is 1. The van der Waals surface area contributed by atoms with Gasteiger partial charge >= 0.3 is 23.5 Å². The molecule has 17 nitrogen and oxygen atoms in total. The Morgan fingerprint density at radius 1 is 1.19 bits per heavy atom. The minimum absolute atomic E-state index is 0.149. The van der Waals surface area contributed by atoms with Gasteiger partial charge in [-0.2, -0.15) is 8.62 Å². The highest BCUT2D eigenvalue weighted by molar-refractivity contribution is 7.66. The number of nitrogen functional groups attached to an aromatic ring is 1. The van der Waals surface area contributed by atoms with E-state index < -0.39 is 54.1 Å². The summed E-state index contributed by atoms with van der Waals surface area (Å²) in [5.41, 5.74) is 4.04. The number of aliphatic hydroxyl groups is 2. The van der Waals surface area contributed by atoms with Crippen molar-refractivity contribution < 1.29 is 61.4 Å². The Morgan fingerprint density at radius 3 is 2.47 bits per heavy atom. The van der Waals surface area contributed by atoms with Crippen LogP contribution in [0.1, 0.15) is 13.2 Å². The van der Waals surface area contributed by atoms with Gasteiger partial charge in [0.2, 0.25) is 0 Å². The fourth-order valence-corrected chi connectivity index (χ4v) is 6.06. The van der Waals surface area contributed by atoms with E-state index in [1.807, 2.05) is 0 Å². The largest absolute Gasteiger partial charge is 0.490 e. The lowest BCUT2D eigenvalue weighted by Gasteiger charge is -2.27. The molecule has 0 amide bonds. The van der Waals surface area contributed by atoms with Gasteiger partial charge in [0, 0.05) is 6.20 Å². The van der Waals surface area contributed by atoms with Crippen LogP contribution in [-0.4, -0.2) is 68.7 Å². The van der Waals surface area contributed by atoms with Gasteiger partial charge in [-0.1, -0.05) is 0 Å². The lowest BCUT2D eigenvalue weighted by Crippen LogP contribution is -2.44. The molecule has 1 aliphatic rings. The maximum absolute atomic E-state index is 11.9. The zero-order valence-electron chi connectivity index (χ0n) is 16.0. The normalized spacial score (nSPS) is 30.3. The van der Waals surface area contributed by atoms with Crippen LogP contribution in [0.2, 0.25) is 0 Å². The molecule has 0 radical (unpaired) electrons. The molecule has 0 saturated carbocycles. The SMILES string of the molecule is CC1(O)C(O)C(COP(=O)(O)OP(=O)(O)OP(=O)(O)O)OC1n1ccc2c(N)ncnc21. The Labute approximate surface area is 178 Å². The first-order valence-electron chi connectivity index (χ1n) is 8.44. The first-order valence-corrected chi connectivity index (χ1v) is 13.0. The van der Waals surface area contributed by atoms with Crippen LogP contribution in [0.5, 0.6) is 0 Å². The number of aromatic nitrogens is 3. The minimum atomic E-state index is -5.71. The Bertz CT molecular complexity index is 1150. The molecule has 2 aromatic heterocycles. The molecule has 0 spiro atoms. The Hall–Kier alpha value is -1.29. The highest BCUT2D eigenvalue weighted by Gasteiger charge is 2.54. The van der Waals surface area contributed by atoms with Crippen LogP contribution < -0.4 is 5.73 Å². The Kier molecular flexibility index (Phi) is 6.72. The third kappa shape index (κ3) is 5.43. The molecule has 2 aromatic rings. The first kappa shape index (κ1) is 25.3. The van der Waals surface area contributed by atoms with Crippen molar-refractivity contribution >= 4 is 40.3 Å². The highest BCUT2D eigenvalue weighted by atomic mass is 31.3. The number of fused-ring (bicyclic) bond motifs is 1. The van der Waals surface area contributed by atoms with E-state index in [1.54, 1.807) is 0 Å². The highest BCUT2D eigenvalue weighted by Crippen LogP contribution is 2.66. The van der Waals surface area contributed by atoms with Crippen LogP contribution in [-0.2, 0) is 31.6 Å². The molecular weight excluding hydrogens is 501 g/mol. The number of hydrogen-bond donors (Lipinski definition) is 7. The molecule has 0 aliphatic carbocycles. The number of anilines is 1. The monoisotopic (exact) mass is 520 g/mol. The number of ether oxygens (including phenoxy) is 1. The van der Waals surface area contributed by atoms with Gasteiger partial charge in [0.1, 0.15) is 35.6 Å². The minimum Gasteiger partial charge on any atom is -0.387 e. The zero-order chi connectivity index (χ0) is 24.1. The summed E-state index contributed by atoms with van der Waals surface area (Å²) in [7, 11) is -16.7. The second-order valence-corrected chi connectivity index (χ2v) is 11.2. The molecular formula is C12H19N4O13P3. The number of rotatable bonds is 8. The molecule has 0 aromatic carbocycles. The van der Waals surface area contributed by atoms with E-state index in [0.717, 1.165) is 0 Å². The van der Waals surface area contributed by atoms with E-state index in [-0.39, 0.29) is 11.5 Å².